The van der Waals surface area contributed by atoms with Gasteiger partial charge in [0.1, 0.15) is 0 Å². The van der Waals surface area contributed by atoms with Crippen molar-refractivity contribution in [3.05, 3.63) is 174 Å². The average molecular weight is 646 g/mol. The van der Waals surface area contributed by atoms with E-state index in [0.29, 0.717) is 5.92 Å². The summed E-state index contributed by atoms with van der Waals surface area (Å²) in [7, 11) is 0. The fraction of sp³-hybridized carbons (Fsp3) is 0.184. The summed E-state index contributed by atoms with van der Waals surface area (Å²) in [6.07, 6.45) is 6.55. The summed E-state index contributed by atoms with van der Waals surface area (Å²) in [6, 6.07) is 58.8. The third-order valence-electron chi connectivity index (χ3n) is 11.5. The van der Waals surface area contributed by atoms with Gasteiger partial charge in [-0.3, -0.25) is 0 Å². The number of para-hydroxylation sites is 2. The fourth-order valence-electron chi connectivity index (χ4n) is 9.09. The first-order chi connectivity index (χ1) is 24.6. The molecule has 0 saturated heterocycles. The first-order valence-electron chi connectivity index (χ1n) is 18.4. The van der Waals surface area contributed by atoms with E-state index in [9.17, 15) is 0 Å². The Morgan fingerprint density at radius 1 is 0.460 bits per heavy atom. The lowest BCUT2D eigenvalue weighted by Crippen LogP contribution is -2.16. The molecule has 2 aliphatic rings. The zero-order chi connectivity index (χ0) is 33.7. The molecular formula is C49H43N. The number of hydrogen-bond donors (Lipinski definition) is 0. The minimum absolute atomic E-state index is 0.101. The van der Waals surface area contributed by atoms with Gasteiger partial charge in [0, 0.05) is 22.1 Å². The largest absolute Gasteiger partial charge is 0.309 e. The molecule has 7 aromatic carbocycles. The van der Waals surface area contributed by atoms with Crippen molar-refractivity contribution in [2.24, 2.45) is 0 Å². The summed E-state index contributed by atoms with van der Waals surface area (Å²) >= 11 is 0. The topological polar surface area (TPSA) is 3.24 Å². The Balaban J connectivity index is 1.35. The summed E-state index contributed by atoms with van der Waals surface area (Å²) in [6.45, 7) is 4.75. The molecule has 0 radical (unpaired) electrons. The number of nitrogens with zero attached hydrogens (tertiary/aromatic N) is 1. The monoisotopic (exact) mass is 645 g/mol. The minimum atomic E-state index is -0.101. The summed E-state index contributed by atoms with van der Waals surface area (Å²) in [5.41, 5.74) is 15.4. The Morgan fingerprint density at radius 3 is 1.80 bits per heavy atom. The Labute approximate surface area is 296 Å². The van der Waals surface area contributed by atoms with Crippen LogP contribution in [0.1, 0.15) is 68.6 Å². The molecule has 50 heavy (non-hydrogen) atoms. The Bertz CT molecular complexity index is 2340. The highest BCUT2D eigenvalue weighted by atomic mass is 15.2. The third-order valence-corrected chi connectivity index (χ3v) is 11.5. The first kappa shape index (κ1) is 30.6. The molecule has 0 bridgehead atoms. The van der Waals surface area contributed by atoms with Crippen LogP contribution in [0.3, 0.4) is 0 Å². The molecular weight excluding hydrogens is 603 g/mol. The van der Waals surface area contributed by atoms with Crippen LogP contribution in [0.15, 0.2) is 158 Å². The van der Waals surface area contributed by atoms with E-state index in [-0.39, 0.29) is 5.41 Å². The van der Waals surface area contributed by atoms with Crippen LogP contribution in [0.5, 0.6) is 0 Å². The first-order valence-corrected chi connectivity index (χ1v) is 18.4. The number of fused-ring (bicyclic) bond motifs is 4. The van der Waals surface area contributed by atoms with Gasteiger partial charge in [-0.05, 0) is 81.1 Å². The second kappa shape index (κ2) is 12.5. The molecule has 2 aliphatic carbocycles. The van der Waals surface area contributed by atoms with Crippen molar-refractivity contribution in [3.8, 4) is 33.4 Å². The number of hydrogen-bond acceptors (Lipinski definition) is 1. The third kappa shape index (κ3) is 4.99. The van der Waals surface area contributed by atoms with Gasteiger partial charge in [0.25, 0.3) is 0 Å². The van der Waals surface area contributed by atoms with Crippen LogP contribution in [-0.2, 0) is 5.41 Å². The normalized spacial score (nSPS) is 15.1. The molecule has 1 fully saturated rings. The Hall–Kier alpha value is -5.40. The number of anilines is 3. The van der Waals surface area contributed by atoms with Gasteiger partial charge < -0.3 is 4.90 Å². The van der Waals surface area contributed by atoms with E-state index >= 15 is 0 Å². The summed E-state index contributed by atoms with van der Waals surface area (Å²) in [5.74, 6) is 0.604. The summed E-state index contributed by atoms with van der Waals surface area (Å²) < 4.78 is 0. The van der Waals surface area contributed by atoms with Crippen molar-refractivity contribution in [1.29, 1.82) is 0 Å². The molecule has 0 aromatic heterocycles. The van der Waals surface area contributed by atoms with Crippen molar-refractivity contribution in [2.45, 2.75) is 57.3 Å². The molecule has 1 nitrogen and oxygen atoms in total. The Morgan fingerprint density at radius 2 is 1.02 bits per heavy atom. The highest BCUT2D eigenvalue weighted by Gasteiger charge is 2.38. The van der Waals surface area contributed by atoms with Crippen LogP contribution in [0.2, 0.25) is 0 Å². The lowest BCUT2D eigenvalue weighted by Gasteiger charge is -2.32. The van der Waals surface area contributed by atoms with Crippen LogP contribution in [0.4, 0.5) is 17.1 Å². The molecule has 1 heteroatoms. The SMILES string of the molecule is CC1(C)c2ccccc2-c2c(N(c3ccccc3-c3ccccc3)c3ccccc3-c3cccc4cccc(C5CCCCC5)c34)cccc21. The van der Waals surface area contributed by atoms with Crippen molar-refractivity contribution in [3.63, 3.8) is 0 Å². The van der Waals surface area contributed by atoms with E-state index < -0.39 is 0 Å². The van der Waals surface area contributed by atoms with Gasteiger partial charge in [-0.25, -0.2) is 0 Å². The molecule has 0 heterocycles. The van der Waals surface area contributed by atoms with Crippen LogP contribution in [0, 0.1) is 0 Å². The quantitative estimate of drug-likeness (QED) is 0.174. The Kier molecular flexibility index (Phi) is 7.65. The molecule has 1 saturated carbocycles. The second-order valence-electron chi connectivity index (χ2n) is 14.7. The van der Waals surface area contributed by atoms with Crippen molar-refractivity contribution in [1.82, 2.24) is 0 Å². The van der Waals surface area contributed by atoms with Gasteiger partial charge >= 0.3 is 0 Å². The van der Waals surface area contributed by atoms with E-state index in [1.165, 1.54) is 110 Å². The van der Waals surface area contributed by atoms with Crippen molar-refractivity contribution < 1.29 is 0 Å². The molecule has 0 unspecified atom stereocenters. The van der Waals surface area contributed by atoms with Crippen molar-refractivity contribution >= 4 is 27.8 Å². The van der Waals surface area contributed by atoms with Gasteiger partial charge in [0.15, 0.2) is 0 Å². The van der Waals surface area contributed by atoms with Crippen LogP contribution < -0.4 is 4.90 Å². The maximum atomic E-state index is 2.57. The van der Waals surface area contributed by atoms with Crippen molar-refractivity contribution in [2.75, 3.05) is 4.90 Å². The van der Waals surface area contributed by atoms with Gasteiger partial charge in [-0.1, -0.05) is 173 Å². The second-order valence-corrected chi connectivity index (χ2v) is 14.7. The maximum Gasteiger partial charge on any atom is 0.0543 e. The molecule has 0 N–H and O–H groups in total. The minimum Gasteiger partial charge on any atom is -0.309 e. The zero-order valence-electron chi connectivity index (χ0n) is 29.1. The smallest absolute Gasteiger partial charge is 0.0543 e. The molecule has 0 spiro atoms. The van der Waals surface area contributed by atoms with E-state index in [2.05, 4.69) is 176 Å². The van der Waals surface area contributed by atoms with Gasteiger partial charge in [0.05, 0.1) is 17.1 Å². The van der Waals surface area contributed by atoms with Crippen LogP contribution in [0.25, 0.3) is 44.2 Å². The average Bonchev–Trinajstić information content (AvgIpc) is 3.42. The van der Waals surface area contributed by atoms with Gasteiger partial charge in [-0.2, -0.15) is 0 Å². The standard InChI is InChI=1S/C49H43N/c1-49(2)42-29-12-9-26-41(42)48-43(49)30-17-33-46(48)50(44-31-13-10-24-37(44)34-18-5-3-6-19-34)45-32-14-11-25-39(45)40-28-16-23-36-22-15-27-38(47(36)40)35-20-7-4-8-21-35/h3,5-6,9-19,22-33,35H,4,7-8,20-21H2,1-2H3. The molecule has 0 aliphatic heterocycles. The van der Waals surface area contributed by atoms with E-state index in [1.54, 1.807) is 0 Å². The fourth-order valence-corrected chi connectivity index (χ4v) is 9.09. The van der Waals surface area contributed by atoms with Gasteiger partial charge in [-0.15, -0.1) is 0 Å². The zero-order valence-corrected chi connectivity index (χ0v) is 29.1. The molecule has 9 rings (SSSR count). The lowest BCUT2D eigenvalue weighted by molar-refractivity contribution is 0.445. The van der Waals surface area contributed by atoms with E-state index in [4.69, 9.17) is 0 Å². The van der Waals surface area contributed by atoms with Crippen LogP contribution >= 0.6 is 0 Å². The predicted octanol–water partition coefficient (Wildman–Crippen LogP) is 14.0. The summed E-state index contributed by atoms with van der Waals surface area (Å²) in [4.78, 5) is 2.57. The summed E-state index contributed by atoms with van der Waals surface area (Å²) in [5, 5.41) is 2.74. The molecule has 0 amide bonds. The highest BCUT2D eigenvalue weighted by molar-refractivity contribution is 6.05. The highest BCUT2D eigenvalue weighted by Crippen LogP contribution is 2.56. The van der Waals surface area contributed by atoms with E-state index in [0.717, 1.165) is 0 Å². The molecule has 244 valence electrons. The van der Waals surface area contributed by atoms with Crippen LogP contribution in [-0.4, -0.2) is 0 Å². The van der Waals surface area contributed by atoms with E-state index in [1.807, 2.05) is 0 Å². The molecule has 7 aromatic rings. The predicted molar refractivity (Wildman–Crippen MR) is 213 cm³/mol. The lowest BCUT2D eigenvalue weighted by atomic mass is 9.80. The molecule has 0 atom stereocenters. The van der Waals surface area contributed by atoms with Gasteiger partial charge in [0.2, 0.25) is 0 Å². The number of rotatable bonds is 6. The maximum absolute atomic E-state index is 2.57. The number of benzene rings is 7.